The quantitative estimate of drug-likeness (QED) is 0.640. The molecule has 1 rings (SSSR count). The Bertz CT molecular complexity index is 453. The molecule has 16 heavy (non-hydrogen) atoms. The minimum atomic E-state index is 0.0124. The van der Waals surface area contributed by atoms with E-state index in [0.29, 0.717) is 0 Å². The van der Waals surface area contributed by atoms with Gasteiger partial charge in [0.1, 0.15) is 5.82 Å². The summed E-state index contributed by atoms with van der Waals surface area (Å²) in [4.78, 5) is 5.40. The minimum Gasteiger partial charge on any atom is -0.391 e. The molecule has 0 spiro atoms. The first-order valence-electron chi connectivity index (χ1n) is 4.71. The molecule has 0 radical (unpaired) electrons. The van der Waals surface area contributed by atoms with Crippen LogP contribution in [0.25, 0.3) is 6.08 Å². The van der Waals surface area contributed by atoms with E-state index in [2.05, 4.69) is 21.8 Å². The smallest absolute Gasteiger partial charge is 0.152 e. The lowest BCUT2D eigenvalue weighted by Crippen LogP contribution is -1.88. The molecule has 2 N–H and O–H groups in total. The SMILES string of the molecule is CNc1nc(SC)sc1C=C=C=C(C)CO. The van der Waals surface area contributed by atoms with E-state index in [4.69, 9.17) is 5.11 Å². The van der Waals surface area contributed by atoms with Gasteiger partial charge in [0, 0.05) is 18.7 Å². The van der Waals surface area contributed by atoms with Crippen LogP contribution in [0.3, 0.4) is 0 Å². The van der Waals surface area contributed by atoms with Crippen molar-refractivity contribution in [1.82, 2.24) is 4.98 Å². The number of hydrogen-bond donors (Lipinski definition) is 2. The number of rotatable bonds is 4. The van der Waals surface area contributed by atoms with Crippen LogP contribution in [0, 0.1) is 0 Å². The summed E-state index contributed by atoms with van der Waals surface area (Å²) in [6.07, 6.45) is 3.82. The van der Waals surface area contributed by atoms with Gasteiger partial charge >= 0.3 is 0 Å². The maximum atomic E-state index is 8.80. The van der Waals surface area contributed by atoms with Crippen LogP contribution in [0.2, 0.25) is 0 Å². The Morgan fingerprint density at radius 2 is 2.44 bits per heavy atom. The Balaban J connectivity index is 3.05. The monoisotopic (exact) mass is 254 g/mol. The summed E-state index contributed by atoms with van der Waals surface area (Å²) in [7, 11) is 1.84. The number of aliphatic hydroxyl groups excluding tert-OH is 1. The van der Waals surface area contributed by atoms with Crippen LogP contribution in [0.5, 0.6) is 0 Å². The first-order valence-corrected chi connectivity index (χ1v) is 6.76. The first kappa shape index (κ1) is 13.1. The largest absolute Gasteiger partial charge is 0.391 e. The van der Waals surface area contributed by atoms with Crippen LogP contribution in [-0.4, -0.2) is 30.0 Å². The number of thiazole rings is 1. The number of nitrogens with one attached hydrogen (secondary N) is 1. The second-order valence-corrected chi connectivity index (χ2v) is 5.08. The first-order chi connectivity index (χ1) is 7.71. The molecule has 0 aliphatic rings. The average Bonchev–Trinajstić information content (AvgIpc) is 2.71. The van der Waals surface area contributed by atoms with Crippen molar-refractivity contribution in [3.05, 3.63) is 21.9 Å². The maximum Gasteiger partial charge on any atom is 0.152 e. The van der Waals surface area contributed by atoms with Gasteiger partial charge in [-0.2, -0.15) is 0 Å². The van der Waals surface area contributed by atoms with E-state index in [-0.39, 0.29) is 6.61 Å². The van der Waals surface area contributed by atoms with Gasteiger partial charge in [-0.1, -0.05) is 23.2 Å². The molecule has 0 aromatic carbocycles. The molecule has 0 aliphatic heterocycles. The van der Waals surface area contributed by atoms with Crippen LogP contribution in [0.4, 0.5) is 5.82 Å². The van der Waals surface area contributed by atoms with Gasteiger partial charge in [-0.15, -0.1) is 11.3 Å². The van der Waals surface area contributed by atoms with Crippen molar-refractivity contribution in [3.8, 4) is 0 Å². The fraction of sp³-hybridized carbons (Fsp3) is 0.364. The van der Waals surface area contributed by atoms with Gasteiger partial charge in [0.2, 0.25) is 0 Å². The molecule has 3 nitrogen and oxygen atoms in total. The number of hydrogen-bond acceptors (Lipinski definition) is 5. The molecule has 0 bridgehead atoms. The fourth-order valence-electron chi connectivity index (χ4n) is 0.940. The van der Waals surface area contributed by atoms with Crippen LogP contribution in [0.15, 0.2) is 21.4 Å². The summed E-state index contributed by atoms with van der Waals surface area (Å²) < 4.78 is 1.01. The fourth-order valence-corrected chi connectivity index (χ4v) is 2.41. The topological polar surface area (TPSA) is 45.2 Å². The Labute approximate surface area is 104 Å². The zero-order chi connectivity index (χ0) is 12.0. The molecule has 0 aliphatic carbocycles. The van der Waals surface area contributed by atoms with Crippen molar-refractivity contribution in [2.75, 3.05) is 25.2 Å². The van der Waals surface area contributed by atoms with Crippen molar-refractivity contribution < 1.29 is 5.11 Å². The molecular weight excluding hydrogens is 240 g/mol. The number of thioether (sulfide) groups is 1. The highest BCUT2D eigenvalue weighted by Crippen LogP contribution is 2.29. The number of aromatic nitrogens is 1. The summed E-state index contributed by atoms with van der Waals surface area (Å²) in [6.45, 7) is 1.82. The standard InChI is InChI=1S/C11H14N2OS2/c1-8(7-14)5-4-6-9-10(12-2)13-11(15-3)16-9/h6,12,14H,7H2,1-3H3. The van der Waals surface area contributed by atoms with Crippen molar-refractivity contribution in [3.63, 3.8) is 0 Å². The second kappa shape index (κ2) is 6.59. The van der Waals surface area contributed by atoms with Crippen molar-refractivity contribution in [2.45, 2.75) is 11.3 Å². The minimum absolute atomic E-state index is 0.0124. The molecule has 1 aromatic rings. The summed E-state index contributed by atoms with van der Waals surface area (Å²) in [5, 5.41) is 11.8. The van der Waals surface area contributed by atoms with Gasteiger partial charge in [-0.05, 0) is 13.2 Å². The molecule has 0 unspecified atom stereocenters. The summed E-state index contributed by atoms with van der Waals surface area (Å²) in [5.74, 6) is 0.852. The predicted molar refractivity (Wildman–Crippen MR) is 71.2 cm³/mol. The maximum absolute atomic E-state index is 8.80. The Morgan fingerprint density at radius 3 is 3.00 bits per heavy atom. The van der Waals surface area contributed by atoms with E-state index in [1.807, 2.05) is 19.4 Å². The molecular formula is C11H14N2OS2. The predicted octanol–water partition coefficient (Wildman–Crippen LogP) is 2.61. The molecule has 0 saturated heterocycles. The number of nitrogens with zero attached hydrogens (tertiary/aromatic N) is 1. The normalized spacial score (nSPS) is 9.25. The van der Waals surface area contributed by atoms with Crippen LogP contribution >= 0.6 is 23.1 Å². The van der Waals surface area contributed by atoms with Crippen molar-refractivity contribution >= 4 is 35.0 Å². The molecule has 0 saturated carbocycles. The van der Waals surface area contributed by atoms with Gasteiger partial charge < -0.3 is 10.4 Å². The molecule has 86 valence electrons. The third-order valence-corrected chi connectivity index (χ3v) is 3.76. The molecule has 1 aromatic heterocycles. The van der Waals surface area contributed by atoms with E-state index < -0.39 is 0 Å². The zero-order valence-corrected chi connectivity index (χ0v) is 11.1. The van der Waals surface area contributed by atoms with Crippen LogP contribution in [-0.2, 0) is 0 Å². The van der Waals surface area contributed by atoms with Crippen molar-refractivity contribution in [1.29, 1.82) is 0 Å². The Kier molecular flexibility index (Phi) is 5.39. The van der Waals surface area contributed by atoms with Gasteiger partial charge in [-0.3, -0.25) is 0 Å². The van der Waals surface area contributed by atoms with Crippen LogP contribution in [0.1, 0.15) is 11.8 Å². The lowest BCUT2D eigenvalue weighted by molar-refractivity contribution is 0.331. The lowest BCUT2D eigenvalue weighted by atomic mass is 10.3. The van der Waals surface area contributed by atoms with Gasteiger partial charge in [0.25, 0.3) is 0 Å². The highest BCUT2D eigenvalue weighted by Gasteiger charge is 2.05. The summed E-state index contributed by atoms with van der Waals surface area (Å²) in [6, 6.07) is 0. The zero-order valence-electron chi connectivity index (χ0n) is 9.50. The molecule has 5 heteroatoms. The lowest BCUT2D eigenvalue weighted by Gasteiger charge is -1.92. The van der Waals surface area contributed by atoms with E-state index in [9.17, 15) is 0 Å². The summed E-state index contributed by atoms with van der Waals surface area (Å²) >= 11 is 3.22. The Hall–Kier alpha value is -0.960. The third-order valence-electron chi connectivity index (χ3n) is 1.77. The van der Waals surface area contributed by atoms with Gasteiger partial charge in [-0.25, -0.2) is 4.98 Å². The molecule has 0 amide bonds. The van der Waals surface area contributed by atoms with E-state index in [0.717, 1.165) is 20.6 Å². The number of anilines is 1. The Morgan fingerprint density at radius 1 is 1.69 bits per heavy atom. The second-order valence-electron chi connectivity index (χ2n) is 3.00. The molecule has 0 atom stereocenters. The van der Waals surface area contributed by atoms with Gasteiger partial charge in [0.15, 0.2) is 4.34 Å². The highest BCUT2D eigenvalue weighted by molar-refractivity contribution is 8.00. The van der Waals surface area contributed by atoms with Gasteiger partial charge in [0.05, 0.1) is 11.5 Å². The molecule has 1 heterocycles. The summed E-state index contributed by atoms with van der Waals surface area (Å²) in [5.41, 5.74) is 6.54. The average molecular weight is 254 g/mol. The van der Waals surface area contributed by atoms with Crippen LogP contribution < -0.4 is 5.32 Å². The number of aliphatic hydroxyl groups is 1. The third kappa shape index (κ3) is 3.56. The van der Waals surface area contributed by atoms with Crippen molar-refractivity contribution in [2.24, 2.45) is 0 Å². The highest BCUT2D eigenvalue weighted by atomic mass is 32.2. The van der Waals surface area contributed by atoms with E-state index >= 15 is 0 Å². The van der Waals surface area contributed by atoms with E-state index in [1.54, 1.807) is 30.0 Å². The van der Waals surface area contributed by atoms with E-state index in [1.165, 1.54) is 0 Å². The molecule has 0 fully saturated rings.